The van der Waals surface area contributed by atoms with E-state index in [-0.39, 0.29) is 18.1 Å². The van der Waals surface area contributed by atoms with Crippen LogP contribution in [0.15, 0.2) is 42.9 Å². The molecule has 2 aliphatic heterocycles. The normalized spacial score (nSPS) is 23.1. The van der Waals surface area contributed by atoms with Crippen molar-refractivity contribution in [3.8, 4) is 0 Å². The molecule has 0 aromatic carbocycles. The number of pyridine rings is 1. The summed E-state index contributed by atoms with van der Waals surface area (Å²) in [4.78, 5) is 17.5. The quantitative estimate of drug-likeness (QED) is 0.679. The second-order valence-electron chi connectivity index (χ2n) is 8.25. The van der Waals surface area contributed by atoms with Crippen LogP contribution in [-0.4, -0.2) is 74.6 Å². The first-order valence-corrected chi connectivity index (χ1v) is 12.6. The molecule has 2 fully saturated rings. The van der Waals surface area contributed by atoms with Crippen LogP contribution in [0.3, 0.4) is 0 Å². The van der Waals surface area contributed by atoms with Gasteiger partial charge in [-0.3, -0.25) is 0 Å². The number of sulfonamides is 1. The molecule has 4 rings (SSSR count). The summed E-state index contributed by atoms with van der Waals surface area (Å²) in [6.07, 6.45) is 9.21. The van der Waals surface area contributed by atoms with Crippen LogP contribution in [0.5, 0.6) is 0 Å². The van der Waals surface area contributed by atoms with Gasteiger partial charge in [0.15, 0.2) is 0 Å². The zero-order valence-corrected chi connectivity index (χ0v) is 18.6. The van der Waals surface area contributed by atoms with Gasteiger partial charge in [-0.25, -0.2) is 28.1 Å². The average molecular weight is 447 g/mol. The highest BCUT2D eigenvalue weighted by Gasteiger charge is 2.33. The Hall–Kier alpha value is -2.30. The van der Waals surface area contributed by atoms with Gasteiger partial charge in [0.1, 0.15) is 5.82 Å². The molecule has 168 valence electrons. The Bertz CT molecular complexity index is 923. The first-order valence-electron chi connectivity index (χ1n) is 10.7. The van der Waals surface area contributed by atoms with Crippen LogP contribution in [0.25, 0.3) is 0 Å². The Morgan fingerprint density at radius 1 is 1.00 bits per heavy atom. The average Bonchev–Trinajstić information content (AvgIpc) is 2.79. The van der Waals surface area contributed by atoms with E-state index in [1.807, 2.05) is 24.3 Å². The van der Waals surface area contributed by atoms with Gasteiger partial charge in [-0.2, -0.15) is 0 Å². The van der Waals surface area contributed by atoms with Crippen LogP contribution < -0.4 is 14.5 Å². The highest BCUT2D eigenvalue weighted by atomic mass is 32.2. The molecule has 0 radical (unpaired) electrons. The van der Waals surface area contributed by atoms with Crippen LogP contribution in [0, 0.1) is 5.92 Å². The third-order valence-electron chi connectivity index (χ3n) is 5.90. The molecule has 0 bridgehead atoms. The highest BCUT2D eigenvalue weighted by molar-refractivity contribution is 7.88. The topological polar surface area (TPSA) is 101 Å². The van der Waals surface area contributed by atoms with Crippen molar-refractivity contribution in [2.24, 2.45) is 5.92 Å². The number of hydrogen-bond donors (Lipinski definition) is 1. The SMILES string of the molecule is CS(=O)(=O)N[C@H]1CCN(c2ccccn2)CC1COC1CCN(c2ncccn2)CC1. The highest BCUT2D eigenvalue weighted by Crippen LogP contribution is 2.25. The molecule has 2 saturated heterocycles. The molecular formula is C21H30N6O3S. The van der Waals surface area contributed by atoms with Crippen molar-refractivity contribution in [3.63, 3.8) is 0 Å². The Morgan fingerprint density at radius 3 is 2.39 bits per heavy atom. The van der Waals surface area contributed by atoms with Gasteiger partial charge in [-0.15, -0.1) is 0 Å². The molecule has 0 aliphatic carbocycles. The lowest BCUT2D eigenvalue weighted by molar-refractivity contribution is 0.00744. The first kappa shape index (κ1) is 21.9. The fraction of sp³-hybridized carbons (Fsp3) is 0.571. The van der Waals surface area contributed by atoms with Gasteiger partial charge in [0.2, 0.25) is 16.0 Å². The van der Waals surface area contributed by atoms with Gasteiger partial charge in [-0.05, 0) is 37.5 Å². The van der Waals surface area contributed by atoms with Gasteiger partial charge in [-0.1, -0.05) is 6.07 Å². The van der Waals surface area contributed by atoms with Crippen molar-refractivity contribution >= 4 is 21.8 Å². The number of aromatic nitrogens is 3. The molecule has 4 heterocycles. The minimum atomic E-state index is -3.28. The summed E-state index contributed by atoms with van der Waals surface area (Å²) in [6, 6.07) is 7.55. The van der Waals surface area contributed by atoms with Gasteiger partial charge in [0.25, 0.3) is 0 Å². The lowest BCUT2D eigenvalue weighted by Gasteiger charge is -2.40. The van der Waals surface area contributed by atoms with E-state index < -0.39 is 10.0 Å². The maximum atomic E-state index is 11.9. The van der Waals surface area contributed by atoms with Gasteiger partial charge in [0.05, 0.1) is 19.0 Å². The molecule has 0 amide bonds. The van der Waals surface area contributed by atoms with Gasteiger partial charge < -0.3 is 14.5 Å². The zero-order valence-electron chi connectivity index (χ0n) is 17.8. The molecule has 10 heteroatoms. The van der Waals surface area contributed by atoms with Crippen molar-refractivity contribution in [3.05, 3.63) is 42.9 Å². The molecule has 9 nitrogen and oxygen atoms in total. The van der Waals surface area contributed by atoms with Crippen LogP contribution in [0.2, 0.25) is 0 Å². The maximum Gasteiger partial charge on any atom is 0.225 e. The lowest BCUT2D eigenvalue weighted by atomic mass is 9.93. The predicted octanol–water partition coefficient (Wildman–Crippen LogP) is 1.30. The number of piperidine rings is 2. The number of nitrogens with one attached hydrogen (secondary N) is 1. The van der Waals surface area contributed by atoms with Crippen molar-refractivity contribution in [1.29, 1.82) is 0 Å². The summed E-state index contributed by atoms with van der Waals surface area (Å²) in [5, 5.41) is 0. The minimum absolute atomic E-state index is 0.0565. The van der Waals surface area contributed by atoms with Gasteiger partial charge >= 0.3 is 0 Å². The smallest absolute Gasteiger partial charge is 0.225 e. The Labute approximate surface area is 183 Å². The van der Waals surface area contributed by atoms with Crippen LogP contribution in [0.1, 0.15) is 19.3 Å². The zero-order chi connectivity index (χ0) is 21.7. The van der Waals surface area contributed by atoms with Crippen LogP contribution >= 0.6 is 0 Å². The number of rotatable bonds is 7. The molecule has 1 unspecified atom stereocenters. The van der Waals surface area contributed by atoms with Gasteiger partial charge in [0, 0.05) is 56.7 Å². The Kier molecular flexibility index (Phi) is 6.99. The molecule has 2 aromatic heterocycles. The standard InChI is InChI=1S/C21H30N6O3S/c1-31(28,29)25-19-8-14-27(20-5-2-3-9-22-20)15-17(19)16-30-18-6-12-26(13-7-18)21-23-10-4-11-24-21/h2-5,9-11,17-19,25H,6-8,12-16H2,1H3/t17?,19-/m0/s1. The third kappa shape index (κ3) is 6.11. The molecule has 2 atom stereocenters. The second kappa shape index (κ2) is 9.88. The second-order valence-corrected chi connectivity index (χ2v) is 10.0. The largest absolute Gasteiger partial charge is 0.378 e. The van der Waals surface area contributed by atoms with Crippen molar-refractivity contribution in [1.82, 2.24) is 19.7 Å². The number of anilines is 2. The fourth-order valence-electron chi connectivity index (χ4n) is 4.32. The third-order valence-corrected chi connectivity index (χ3v) is 6.63. The molecule has 1 N–H and O–H groups in total. The van der Waals surface area contributed by atoms with E-state index in [0.717, 1.165) is 50.7 Å². The van der Waals surface area contributed by atoms with Crippen LogP contribution in [0.4, 0.5) is 11.8 Å². The number of ether oxygens (including phenoxy) is 1. The fourth-order valence-corrected chi connectivity index (χ4v) is 5.18. The van der Waals surface area contributed by atoms with E-state index in [4.69, 9.17) is 4.74 Å². The van der Waals surface area contributed by atoms with Crippen molar-refractivity contribution in [2.75, 3.05) is 48.8 Å². The molecule has 0 spiro atoms. The maximum absolute atomic E-state index is 11.9. The van der Waals surface area contributed by atoms with E-state index in [9.17, 15) is 8.42 Å². The van der Waals surface area contributed by atoms with E-state index in [0.29, 0.717) is 13.2 Å². The van der Waals surface area contributed by atoms with E-state index in [1.165, 1.54) is 6.26 Å². The first-order chi connectivity index (χ1) is 15.0. The minimum Gasteiger partial charge on any atom is -0.378 e. The predicted molar refractivity (Wildman–Crippen MR) is 120 cm³/mol. The van der Waals surface area contributed by atoms with Crippen molar-refractivity contribution < 1.29 is 13.2 Å². The molecule has 0 saturated carbocycles. The van der Waals surface area contributed by atoms with E-state index in [1.54, 1.807) is 18.6 Å². The molecular weight excluding hydrogens is 416 g/mol. The monoisotopic (exact) mass is 446 g/mol. The Morgan fingerprint density at radius 2 is 1.71 bits per heavy atom. The number of hydrogen-bond acceptors (Lipinski definition) is 8. The van der Waals surface area contributed by atoms with E-state index >= 15 is 0 Å². The summed E-state index contributed by atoms with van der Waals surface area (Å²) in [6.45, 7) is 3.69. The molecule has 31 heavy (non-hydrogen) atoms. The lowest BCUT2D eigenvalue weighted by Crippen LogP contribution is -2.53. The van der Waals surface area contributed by atoms with Crippen LogP contribution in [-0.2, 0) is 14.8 Å². The van der Waals surface area contributed by atoms with E-state index in [2.05, 4.69) is 29.5 Å². The Balaban J connectivity index is 1.34. The summed E-state index contributed by atoms with van der Waals surface area (Å²) in [7, 11) is -3.28. The molecule has 2 aromatic rings. The summed E-state index contributed by atoms with van der Waals surface area (Å²) < 4.78 is 32.9. The summed E-state index contributed by atoms with van der Waals surface area (Å²) in [5.41, 5.74) is 0. The van der Waals surface area contributed by atoms with Crippen molar-refractivity contribution in [2.45, 2.75) is 31.4 Å². The summed E-state index contributed by atoms with van der Waals surface area (Å²) in [5.74, 6) is 1.74. The number of nitrogens with zero attached hydrogens (tertiary/aromatic N) is 5. The summed E-state index contributed by atoms with van der Waals surface area (Å²) >= 11 is 0. The molecule has 2 aliphatic rings.